The van der Waals surface area contributed by atoms with Gasteiger partial charge in [0.25, 0.3) is 0 Å². The molecule has 2 N–H and O–H groups in total. The van der Waals surface area contributed by atoms with Crippen LogP contribution < -0.4 is 10.0 Å². The Hall–Kier alpha value is -1.80. The van der Waals surface area contributed by atoms with Crippen LogP contribution in [0.2, 0.25) is 0 Å². The van der Waals surface area contributed by atoms with Gasteiger partial charge in [-0.15, -0.1) is 0 Å². The van der Waals surface area contributed by atoms with E-state index >= 15 is 0 Å². The van der Waals surface area contributed by atoms with Crippen LogP contribution >= 0.6 is 0 Å². The van der Waals surface area contributed by atoms with E-state index in [0.717, 1.165) is 18.4 Å². The molecule has 22 heavy (non-hydrogen) atoms. The number of halogens is 2. The molecule has 0 bridgehead atoms. The van der Waals surface area contributed by atoms with Gasteiger partial charge in [0.15, 0.2) is 0 Å². The Kier molecular flexibility index (Phi) is 6.63. The molecule has 0 heterocycles. The molecule has 0 atom stereocenters. The van der Waals surface area contributed by atoms with Gasteiger partial charge in [-0.1, -0.05) is 0 Å². The maximum Gasteiger partial charge on any atom is 0.244 e. The number of amides is 1. The van der Waals surface area contributed by atoms with Crippen molar-refractivity contribution < 1.29 is 22.0 Å². The molecule has 0 spiro atoms. The Morgan fingerprint density at radius 3 is 2.55 bits per heavy atom. The van der Waals surface area contributed by atoms with Gasteiger partial charge in [0, 0.05) is 30.8 Å². The summed E-state index contributed by atoms with van der Waals surface area (Å²) in [6.07, 6.45) is 2.69. The van der Waals surface area contributed by atoms with E-state index in [2.05, 4.69) is 10.0 Å². The molecule has 122 valence electrons. The van der Waals surface area contributed by atoms with Crippen molar-refractivity contribution in [3.63, 3.8) is 0 Å². The summed E-state index contributed by atoms with van der Waals surface area (Å²) in [5.74, 6) is -1.85. The third kappa shape index (κ3) is 6.77. The summed E-state index contributed by atoms with van der Waals surface area (Å²) in [6, 6.07) is 3.13. The number of hydrogen-bond donors (Lipinski definition) is 2. The molecular formula is C14H18F2N2O3S. The molecule has 8 heteroatoms. The fraction of sp³-hybridized carbons (Fsp3) is 0.357. The molecule has 0 radical (unpaired) electrons. The Morgan fingerprint density at radius 1 is 1.27 bits per heavy atom. The SMILES string of the molecule is CC(=CC(=O)NCCCNS(C)(=O)=O)c1ccc(F)cc1F. The standard InChI is InChI=1S/C14H18F2N2O3S/c1-10(12-5-4-11(15)9-13(12)16)8-14(19)17-6-3-7-18-22(2,20)21/h4-5,8-9,18H,3,6-7H2,1-2H3,(H,17,19). The highest BCUT2D eigenvalue weighted by Crippen LogP contribution is 2.18. The highest BCUT2D eigenvalue weighted by Gasteiger charge is 2.07. The maximum atomic E-state index is 13.5. The van der Waals surface area contributed by atoms with Crippen LogP contribution in [-0.2, 0) is 14.8 Å². The van der Waals surface area contributed by atoms with Crippen LogP contribution in [0.3, 0.4) is 0 Å². The molecule has 0 aliphatic rings. The first-order chi connectivity index (χ1) is 10.2. The number of allylic oxidation sites excluding steroid dienone is 1. The average Bonchev–Trinajstić information content (AvgIpc) is 2.36. The molecule has 0 aromatic heterocycles. The van der Waals surface area contributed by atoms with Gasteiger partial charge >= 0.3 is 0 Å². The number of hydrogen-bond acceptors (Lipinski definition) is 3. The van der Waals surface area contributed by atoms with Crippen LogP contribution in [0.25, 0.3) is 5.57 Å². The first-order valence-electron chi connectivity index (χ1n) is 6.55. The van der Waals surface area contributed by atoms with Crippen molar-refractivity contribution in [2.75, 3.05) is 19.3 Å². The highest BCUT2D eigenvalue weighted by molar-refractivity contribution is 7.88. The lowest BCUT2D eigenvalue weighted by molar-refractivity contribution is -0.116. The van der Waals surface area contributed by atoms with Crippen LogP contribution in [0.5, 0.6) is 0 Å². The summed E-state index contributed by atoms with van der Waals surface area (Å²) >= 11 is 0. The van der Waals surface area contributed by atoms with Crippen LogP contribution in [0.1, 0.15) is 18.9 Å². The van der Waals surface area contributed by atoms with Gasteiger partial charge in [-0.2, -0.15) is 0 Å². The van der Waals surface area contributed by atoms with Gasteiger partial charge in [-0.3, -0.25) is 4.79 Å². The van der Waals surface area contributed by atoms with E-state index in [4.69, 9.17) is 0 Å². The molecule has 1 aromatic rings. The van der Waals surface area contributed by atoms with Crippen LogP contribution in [0.4, 0.5) is 8.78 Å². The topological polar surface area (TPSA) is 75.3 Å². The van der Waals surface area contributed by atoms with Crippen molar-refractivity contribution in [2.45, 2.75) is 13.3 Å². The minimum atomic E-state index is -3.24. The number of nitrogens with one attached hydrogen (secondary N) is 2. The summed E-state index contributed by atoms with van der Waals surface area (Å²) in [5, 5.41) is 2.55. The van der Waals surface area contributed by atoms with E-state index in [0.29, 0.717) is 12.0 Å². The fourth-order valence-corrected chi connectivity index (χ4v) is 2.21. The fourth-order valence-electron chi connectivity index (χ4n) is 1.69. The largest absolute Gasteiger partial charge is 0.352 e. The minimum absolute atomic E-state index is 0.148. The summed E-state index contributed by atoms with van der Waals surface area (Å²) in [6.45, 7) is 2.03. The monoisotopic (exact) mass is 332 g/mol. The van der Waals surface area contributed by atoms with Crippen molar-refractivity contribution in [3.05, 3.63) is 41.5 Å². The average molecular weight is 332 g/mol. The zero-order valence-electron chi connectivity index (χ0n) is 12.3. The second-order valence-electron chi connectivity index (χ2n) is 4.76. The zero-order chi connectivity index (χ0) is 16.8. The molecule has 0 saturated heterocycles. The van der Waals surface area contributed by atoms with Gasteiger partial charge in [-0.25, -0.2) is 21.9 Å². The molecule has 1 amide bonds. The number of rotatable bonds is 7. The molecule has 5 nitrogen and oxygen atoms in total. The summed E-state index contributed by atoms with van der Waals surface area (Å²) in [4.78, 5) is 11.6. The molecular weight excluding hydrogens is 314 g/mol. The summed E-state index contributed by atoms with van der Waals surface area (Å²) < 4.78 is 50.3. The second kappa shape index (κ2) is 8.00. The lowest BCUT2D eigenvalue weighted by Gasteiger charge is -2.06. The van der Waals surface area contributed by atoms with Crippen molar-refractivity contribution >= 4 is 21.5 Å². The van der Waals surface area contributed by atoms with Crippen LogP contribution in [-0.4, -0.2) is 33.7 Å². The molecule has 0 saturated carbocycles. The molecule has 0 aliphatic carbocycles. The van der Waals surface area contributed by atoms with Crippen molar-refractivity contribution in [1.82, 2.24) is 10.0 Å². The second-order valence-corrected chi connectivity index (χ2v) is 6.60. The predicted molar refractivity (Wildman–Crippen MR) is 80.5 cm³/mol. The van der Waals surface area contributed by atoms with Crippen LogP contribution in [0.15, 0.2) is 24.3 Å². The third-order valence-electron chi connectivity index (χ3n) is 2.72. The lowest BCUT2D eigenvalue weighted by Crippen LogP contribution is -2.28. The Labute approximate surface area is 128 Å². The van der Waals surface area contributed by atoms with Crippen LogP contribution in [0, 0.1) is 11.6 Å². The number of carbonyl (C=O) groups is 1. The number of benzene rings is 1. The van der Waals surface area contributed by atoms with E-state index in [-0.39, 0.29) is 18.7 Å². The Balaban J connectivity index is 2.49. The smallest absolute Gasteiger partial charge is 0.244 e. The maximum absolute atomic E-state index is 13.5. The van der Waals surface area contributed by atoms with Gasteiger partial charge in [0.05, 0.1) is 6.26 Å². The quantitative estimate of drug-likeness (QED) is 0.586. The summed E-state index contributed by atoms with van der Waals surface area (Å²) in [5.41, 5.74) is 0.513. The van der Waals surface area contributed by atoms with Gasteiger partial charge in [0.2, 0.25) is 15.9 Å². The van der Waals surface area contributed by atoms with E-state index in [1.165, 1.54) is 12.1 Å². The third-order valence-corrected chi connectivity index (χ3v) is 3.45. The Morgan fingerprint density at radius 2 is 1.95 bits per heavy atom. The first kappa shape index (κ1) is 18.2. The highest BCUT2D eigenvalue weighted by atomic mass is 32.2. The van der Waals surface area contributed by atoms with E-state index in [1.54, 1.807) is 6.92 Å². The van der Waals surface area contributed by atoms with E-state index < -0.39 is 27.6 Å². The van der Waals surface area contributed by atoms with E-state index in [1.807, 2.05) is 0 Å². The van der Waals surface area contributed by atoms with Gasteiger partial charge < -0.3 is 5.32 Å². The lowest BCUT2D eigenvalue weighted by atomic mass is 10.1. The number of sulfonamides is 1. The summed E-state index contributed by atoms with van der Waals surface area (Å²) in [7, 11) is -3.24. The van der Waals surface area contributed by atoms with Crippen molar-refractivity contribution in [3.8, 4) is 0 Å². The van der Waals surface area contributed by atoms with Crippen molar-refractivity contribution in [2.24, 2.45) is 0 Å². The van der Waals surface area contributed by atoms with Crippen molar-refractivity contribution in [1.29, 1.82) is 0 Å². The molecule has 0 aliphatic heterocycles. The first-order valence-corrected chi connectivity index (χ1v) is 8.44. The molecule has 0 unspecified atom stereocenters. The van der Waals surface area contributed by atoms with E-state index in [9.17, 15) is 22.0 Å². The zero-order valence-corrected chi connectivity index (χ0v) is 13.1. The molecule has 1 rings (SSSR count). The molecule has 1 aromatic carbocycles. The Bertz CT molecular complexity index is 673. The molecule has 0 fully saturated rings. The predicted octanol–water partition coefficient (Wildman–Crippen LogP) is 1.42. The van der Waals surface area contributed by atoms with Gasteiger partial charge in [-0.05, 0) is 31.1 Å². The van der Waals surface area contributed by atoms with Gasteiger partial charge in [0.1, 0.15) is 11.6 Å². The normalized spacial score (nSPS) is 12.3. The number of carbonyl (C=O) groups excluding carboxylic acids is 1. The minimum Gasteiger partial charge on any atom is -0.352 e.